The average Bonchev–Trinajstić information content (AvgIpc) is 1.49. The molecule has 0 radical (unpaired) electrons. The Morgan fingerprint density at radius 1 is 0.411 bits per heavy atom. The van der Waals surface area contributed by atoms with Crippen LogP contribution in [0.5, 0.6) is 40.2 Å². The molecule has 24 nitrogen and oxygen atoms in total. The van der Waals surface area contributed by atoms with Gasteiger partial charge in [0.05, 0.1) is 93.9 Å². The molecule has 12 rings (SSSR count). The van der Waals surface area contributed by atoms with E-state index in [2.05, 4.69) is 34.1 Å². The summed E-state index contributed by atoms with van der Waals surface area (Å²) in [4.78, 5) is 101. The molecule has 0 spiro atoms. The maximum atomic E-state index is 12.6. The van der Waals surface area contributed by atoms with Crippen molar-refractivity contribution in [3.8, 4) is 40.2 Å². The normalized spacial score (nSPS) is 19.4. The summed E-state index contributed by atoms with van der Waals surface area (Å²) >= 11 is 0. The number of aldehydes is 1. The molecule has 124 heavy (non-hydrogen) atoms. The average molecular weight is 1710 g/mol. The number of carbonyl (C=O) groups is 9. The first-order valence-electron chi connectivity index (χ1n) is 41.1. The number of hydrogen-bond donors (Lipinski definition) is 3. The number of benzene rings is 7. The van der Waals surface area contributed by atoms with Gasteiger partial charge in [0, 0.05) is 58.0 Å². The zero-order chi connectivity index (χ0) is 93.4. The van der Waals surface area contributed by atoms with E-state index in [0.717, 1.165) is 74.4 Å². The Morgan fingerprint density at radius 2 is 0.669 bits per heavy atom. The van der Waals surface area contributed by atoms with Gasteiger partial charge < -0.3 is 67.4 Å². The van der Waals surface area contributed by atoms with Crippen LogP contribution >= 0.6 is 0 Å². The Labute approximate surface area is 732 Å². The van der Waals surface area contributed by atoms with Gasteiger partial charge in [-0.05, 0) is 188 Å². The van der Waals surface area contributed by atoms with Crippen LogP contribution < -0.4 is 33.2 Å². The molecule has 8 atom stereocenters. The number of allylic oxidation sites excluding steroid dienone is 1. The lowest BCUT2D eigenvalue weighted by Crippen LogP contribution is -2.43. The predicted octanol–water partition coefficient (Wildman–Crippen LogP) is 18.5. The Hall–Kier alpha value is -12.0. The highest BCUT2D eigenvalue weighted by atomic mass is 16.6. The van der Waals surface area contributed by atoms with Gasteiger partial charge in [-0.1, -0.05) is 155 Å². The molecule has 5 aliphatic rings. The SMILES string of the molecule is C=Cc1ccc(OC)cc1.CC(C)=C=[N+](C)C.CCOC(=O)C1(C(=O)OCC)C(c2ccc(OC)cc2)C1(C)C.CCOC(=O)CC(=O)OCC.COc1ccc(C2C(C(=O)O)C2(C)C)cc1.COc1ccc(C2C(C(=O)O)C2(C)C)cc1.COc1ccc(C2C(C(=O)O)C2(C)C)cc1.COc1ccc(C2CC(=O)C2(C)C)cc1.COc1ccc(C=O)cc1. The second-order valence-electron chi connectivity index (χ2n) is 33.2. The second kappa shape index (κ2) is 47.6. The van der Waals surface area contributed by atoms with Crippen LogP contribution in [0.25, 0.3) is 6.08 Å². The lowest BCUT2D eigenvalue weighted by molar-refractivity contribution is -0.457. The fraction of sp³-hybridized carbons (Fsp3) is 0.450. The summed E-state index contributed by atoms with van der Waals surface area (Å²) in [7, 11) is 15.3. The zero-order valence-electron chi connectivity index (χ0n) is 76.8. The lowest BCUT2D eigenvalue weighted by Gasteiger charge is -2.42. The quantitative estimate of drug-likeness (QED) is 0.0119. The number of esters is 4. The highest BCUT2D eigenvalue weighted by Crippen LogP contribution is 2.75. The molecule has 3 N–H and O–H groups in total. The third-order valence-corrected chi connectivity index (χ3v) is 22.9. The van der Waals surface area contributed by atoms with Gasteiger partial charge in [0.2, 0.25) is 0 Å². The highest BCUT2D eigenvalue weighted by Gasteiger charge is 2.82. The molecule has 0 heterocycles. The minimum atomic E-state index is -1.28. The van der Waals surface area contributed by atoms with E-state index in [0.29, 0.717) is 23.7 Å². The van der Waals surface area contributed by atoms with E-state index in [1.165, 1.54) is 11.1 Å². The first-order chi connectivity index (χ1) is 58.4. The second-order valence-corrected chi connectivity index (χ2v) is 33.2. The molecule has 5 aliphatic carbocycles. The van der Waals surface area contributed by atoms with Crippen LogP contribution in [-0.4, -0.2) is 170 Å². The molecule has 0 bridgehead atoms. The summed E-state index contributed by atoms with van der Waals surface area (Å²) in [6.07, 6.45) is 3.00. The third kappa shape index (κ3) is 27.7. The summed E-state index contributed by atoms with van der Waals surface area (Å²) in [5, 5.41) is 27.3. The maximum absolute atomic E-state index is 12.6. The number of ether oxygens (including phenoxy) is 11. The number of carbonyl (C=O) groups excluding carboxylic acids is 6. The molecule has 0 aliphatic heterocycles. The molecule has 0 amide bonds. The lowest BCUT2D eigenvalue weighted by atomic mass is 9.59. The molecule has 7 aromatic carbocycles. The number of rotatable bonds is 25. The van der Waals surface area contributed by atoms with Gasteiger partial charge in [-0.25, -0.2) is 0 Å². The van der Waals surface area contributed by atoms with Gasteiger partial charge >= 0.3 is 41.8 Å². The van der Waals surface area contributed by atoms with Crippen molar-refractivity contribution in [2.24, 2.45) is 50.2 Å². The summed E-state index contributed by atoms with van der Waals surface area (Å²) in [5.74, 6) is 4.53. The van der Waals surface area contributed by atoms with Crippen LogP contribution in [0.1, 0.15) is 197 Å². The number of carboxylic acids is 3. The Kier molecular flexibility index (Phi) is 40.0. The summed E-state index contributed by atoms with van der Waals surface area (Å²) in [6, 6.07) is 53.1. The van der Waals surface area contributed by atoms with Gasteiger partial charge in [-0.15, -0.1) is 0 Å². The van der Waals surface area contributed by atoms with Crippen molar-refractivity contribution in [2.75, 3.05) is 90.3 Å². The molecule has 5 saturated carbocycles. The van der Waals surface area contributed by atoms with Crippen molar-refractivity contribution < 1.29 is 115 Å². The van der Waals surface area contributed by atoms with Crippen molar-refractivity contribution in [3.63, 3.8) is 0 Å². The van der Waals surface area contributed by atoms with Crippen LogP contribution in [0.15, 0.2) is 182 Å². The maximum Gasteiger partial charge on any atom is 0.324 e. The Balaban J connectivity index is 0.000000298. The number of carboxylic acid groups (broad SMARTS) is 3. The van der Waals surface area contributed by atoms with Gasteiger partial charge in [-0.2, -0.15) is 4.58 Å². The van der Waals surface area contributed by atoms with Crippen LogP contribution in [0.2, 0.25) is 0 Å². The zero-order valence-corrected chi connectivity index (χ0v) is 76.8. The standard InChI is InChI=1S/C18H24O5.3C13H16O3.C13H16O2.C9H10O.C8H8O2.C7H12O4.C6H12N/c1-6-22-15(19)18(16(20)23-7-2)14(17(18,3)4)12-8-10-13(21-5)11-9-12;3*1-13(2)10(11(13)12(14)15)8-4-6-9(16-3)7-5-8;1-13(2)11(8-12(13)14)9-4-6-10(15-3)7-5-9;1-3-8-4-6-9(10-2)7-5-8;1-10-8-4-2-7(6-9)3-5-8;1-3-10-6(8)5-7(9)11-4-2;1-6(2)5-7(3)4/h8-11,14H,6-7H2,1-5H3;3*4-7,10-11H,1-3H3,(H,14,15);4-7,11H,8H2,1-3H3;3-7H,1H2,2H3;2-6H,1H3;3-5H2,1-2H3;1-4H3/q;;;;;;;;+1. The minimum Gasteiger partial charge on any atom is -0.497 e. The van der Waals surface area contributed by atoms with Crippen molar-refractivity contribution >= 4 is 65.8 Å². The van der Waals surface area contributed by atoms with Crippen molar-refractivity contribution in [3.05, 3.63) is 221 Å². The molecule has 672 valence electrons. The van der Waals surface area contributed by atoms with Crippen LogP contribution in [0.3, 0.4) is 0 Å². The summed E-state index contributed by atoms with van der Waals surface area (Å²) < 4.78 is 56.7. The summed E-state index contributed by atoms with van der Waals surface area (Å²) in [5.41, 5.74) is 5.92. The van der Waals surface area contributed by atoms with Crippen molar-refractivity contribution in [2.45, 2.75) is 153 Å². The van der Waals surface area contributed by atoms with Crippen molar-refractivity contribution in [1.29, 1.82) is 0 Å². The fourth-order valence-corrected chi connectivity index (χ4v) is 15.7. The number of aliphatic carboxylic acids is 3. The van der Waals surface area contributed by atoms with Crippen molar-refractivity contribution in [1.82, 2.24) is 0 Å². The van der Waals surface area contributed by atoms with E-state index in [4.69, 9.17) is 58.0 Å². The smallest absolute Gasteiger partial charge is 0.324 e. The fourth-order valence-electron chi connectivity index (χ4n) is 15.7. The molecule has 8 unspecified atom stereocenters. The Bertz CT molecular complexity index is 4410. The van der Waals surface area contributed by atoms with Crippen LogP contribution in [0, 0.1) is 50.2 Å². The largest absolute Gasteiger partial charge is 0.497 e. The van der Waals surface area contributed by atoms with Crippen LogP contribution in [-0.2, 0) is 57.3 Å². The third-order valence-electron chi connectivity index (χ3n) is 22.9. The summed E-state index contributed by atoms with van der Waals surface area (Å²) in [6.45, 7) is 35.4. The predicted molar refractivity (Wildman–Crippen MR) is 478 cm³/mol. The van der Waals surface area contributed by atoms with E-state index in [1.54, 1.807) is 108 Å². The van der Waals surface area contributed by atoms with E-state index >= 15 is 0 Å². The first-order valence-corrected chi connectivity index (χ1v) is 41.1. The van der Waals surface area contributed by atoms with E-state index in [-0.39, 0.29) is 95.9 Å². The minimum absolute atomic E-state index is 0.121. The number of nitrogens with zero attached hydrogens (tertiary/aromatic N) is 1. The molecule has 0 saturated heterocycles. The van der Waals surface area contributed by atoms with E-state index in [1.807, 2.05) is 235 Å². The van der Waals surface area contributed by atoms with Gasteiger partial charge in [0.25, 0.3) is 0 Å². The molecule has 24 heteroatoms. The molecule has 7 aromatic rings. The van der Waals surface area contributed by atoms with E-state index < -0.39 is 52.6 Å². The molecule has 5 fully saturated rings. The monoisotopic (exact) mass is 1710 g/mol. The Morgan fingerprint density at radius 3 is 0.871 bits per heavy atom. The van der Waals surface area contributed by atoms with Gasteiger partial charge in [-0.3, -0.25) is 43.2 Å². The number of Topliss-reactive ketones (excluding diaryl/α,β-unsaturated/α-hetero) is 1. The number of hydrogen-bond acceptors (Lipinski definition) is 20. The topological polar surface area (TPSA) is 319 Å². The van der Waals surface area contributed by atoms with Gasteiger partial charge in [0.15, 0.2) is 11.3 Å². The first kappa shape index (κ1) is 104. The van der Waals surface area contributed by atoms with Crippen LogP contribution in [0.4, 0.5) is 0 Å². The van der Waals surface area contributed by atoms with E-state index in [9.17, 15) is 43.2 Å². The molecule has 0 aromatic heterocycles. The van der Waals surface area contributed by atoms with Gasteiger partial charge in [0.1, 0.15) is 72.8 Å². The number of ketones is 1. The molecular formula is C100H130NO23+. The molecular weight excluding hydrogens is 1580 g/mol. The number of methoxy groups -OCH3 is 7. The highest BCUT2D eigenvalue weighted by molar-refractivity contribution is 6.07.